The van der Waals surface area contributed by atoms with Crippen LogP contribution in [0.25, 0.3) is 0 Å². The number of rotatable bonds is 5. The minimum atomic E-state index is -0.600. The summed E-state index contributed by atoms with van der Waals surface area (Å²) in [6.45, 7) is 4.68. The van der Waals surface area contributed by atoms with E-state index in [1.807, 2.05) is 0 Å². The van der Waals surface area contributed by atoms with Crippen molar-refractivity contribution in [3.05, 3.63) is 38.9 Å². The Morgan fingerprint density at radius 1 is 1.43 bits per heavy atom. The van der Waals surface area contributed by atoms with Gasteiger partial charge in [0.1, 0.15) is 18.1 Å². The van der Waals surface area contributed by atoms with Gasteiger partial charge in [-0.05, 0) is 12.1 Å². The maximum absolute atomic E-state index is 12.0. The highest BCUT2D eigenvalue weighted by Crippen LogP contribution is 2.24. The van der Waals surface area contributed by atoms with E-state index in [-0.39, 0.29) is 22.2 Å². The number of nitro groups is 1. The first-order valence-corrected chi connectivity index (χ1v) is 7.09. The second kappa shape index (κ2) is 7.35. The normalized spacial score (nSPS) is 15.7. The first-order chi connectivity index (χ1) is 10.1. The van der Waals surface area contributed by atoms with Gasteiger partial charge in [0, 0.05) is 11.6 Å². The van der Waals surface area contributed by atoms with Gasteiger partial charge in [0.15, 0.2) is 0 Å². The molecule has 1 aliphatic heterocycles. The maximum atomic E-state index is 12.0. The molecule has 0 spiro atoms. The number of hydrogen-bond donors (Lipinski definition) is 2. The zero-order chi connectivity index (χ0) is 15.2. The Kier molecular flexibility index (Phi) is 5.49. The van der Waals surface area contributed by atoms with Gasteiger partial charge in [-0.15, -0.1) is 0 Å². The fourth-order valence-electron chi connectivity index (χ4n) is 2.16. The molecule has 0 radical (unpaired) electrons. The van der Waals surface area contributed by atoms with Crippen LogP contribution in [0.15, 0.2) is 18.2 Å². The van der Waals surface area contributed by atoms with E-state index in [1.54, 1.807) is 0 Å². The van der Waals surface area contributed by atoms with E-state index >= 15 is 0 Å². The summed E-state index contributed by atoms with van der Waals surface area (Å²) in [4.78, 5) is 23.5. The molecule has 1 aromatic rings. The number of nitrogens with one attached hydrogen (secondary N) is 2. The number of quaternary nitrogens is 1. The van der Waals surface area contributed by atoms with E-state index in [0.717, 1.165) is 32.8 Å². The number of nitro benzene ring substituents is 1. The van der Waals surface area contributed by atoms with Crippen molar-refractivity contribution in [2.24, 2.45) is 0 Å². The van der Waals surface area contributed by atoms with Gasteiger partial charge < -0.3 is 15.0 Å². The SMILES string of the molecule is O=C(NCC[NH+]1CCOCC1)c1ccc(Cl)c([N+](=O)[O-])c1. The molecule has 1 fully saturated rings. The molecule has 8 heteroatoms. The Hall–Kier alpha value is -1.70. The van der Waals surface area contributed by atoms with Crippen molar-refractivity contribution < 1.29 is 19.4 Å². The highest BCUT2D eigenvalue weighted by atomic mass is 35.5. The molecular formula is C13H17ClN3O4+. The molecule has 21 heavy (non-hydrogen) atoms. The van der Waals surface area contributed by atoms with Gasteiger partial charge in [-0.3, -0.25) is 14.9 Å². The Bertz CT molecular complexity index is 532. The topological polar surface area (TPSA) is 85.9 Å². The number of hydrogen-bond acceptors (Lipinski definition) is 4. The molecule has 2 N–H and O–H groups in total. The number of ether oxygens (including phenoxy) is 1. The van der Waals surface area contributed by atoms with Gasteiger partial charge in [0.05, 0.1) is 31.2 Å². The third-order valence-electron chi connectivity index (χ3n) is 3.37. The van der Waals surface area contributed by atoms with Gasteiger partial charge >= 0.3 is 0 Å². The van der Waals surface area contributed by atoms with E-state index in [9.17, 15) is 14.9 Å². The Morgan fingerprint density at radius 2 is 2.14 bits per heavy atom. The molecule has 7 nitrogen and oxygen atoms in total. The number of amides is 1. The molecular weight excluding hydrogens is 298 g/mol. The van der Waals surface area contributed by atoms with E-state index in [2.05, 4.69) is 5.32 Å². The summed E-state index contributed by atoms with van der Waals surface area (Å²) < 4.78 is 5.26. The zero-order valence-electron chi connectivity index (χ0n) is 11.4. The minimum Gasteiger partial charge on any atom is -0.370 e. The Morgan fingerprint density at radius 3 is 2.81 bits per heavy atom. The fraction of sp³-hybridized carbons (Fsp3) is 0.462. The van der Waals surface area contributed by atoms with Crippen LogP contribution in [-0.4, -0.2) is 50.2 Å². The van der Waals surface area contributed by atoms with Crippen molar-refractivity contribution in [1.82, 2.24) is 5.32 Å². The van der Waals surface area contributed by atoms with Gasteiger partial charge in [-0.25, -0.2) is 0 Å². The van der Waals surface area contributed by atoms with Crippen LogP contribution in [0.5, 0.6) is 0 Å². The predicted octanol–water partition coefficient (Wildman–Crippen LogP) is -0.107. The average Bonchev–Trinajstić information content (AvgIpc) is 2.48. The summed E-state index contributed by atoms with van der Waals surface area (Å²) >= 11 is 5.71. The zero-order valence-corrected chi connectivity index (χ0v) is 12.2. The first kappa shape index (κ1) is 15.7. The number of morpholine rings is 1. The van der Waals surface area contributed by atoms with Crippen LogP contribution < -0.4 is 10.2 Å². The van der Waals surface area contributed by atoms with Crippen molar-refractivity contribution in [3.8, 4) is 0 Å². The summed E-state index contributed by atoms with van der Waals surface area (Å²) in [5.74, 6) is -0.331. The van der Waals surface area contributed by atoms with Gasteiger partial charge in [0.2, 0.25) is 0 Å². The van der Waals surface area contributed by atoms with Crippen molar-refractivity contribution in [3.63, 3.8) is 0 Å². The number of carbonyl (C=O) groups is 1. The molecule has 1 saturated heterocycles. The molecule has 0 saturated carbocycles. The molecule has 1 amide bonds. The van der Waals surface area contributed by atoms with Crippen LogP contribution in [0.4, 0.5) is 5.69 Å². The quantitative estimate of drug-likeness (QED) is 0.587. The third kappa shape index (κ3) is 4.38. The fourth-order valence-corrected chi connectivity index (χ4v) is 2.35. The van der Waals surface area contributed by atoms with Crippen LogP contribution in [0, 0.1) is 10.1 Å². The van der Waals surface area contributed by atoms with Crippen LogP contribution in [0.2, 0.25) is 5.02 Å². The van der Waals surface area contributed by atoms with Gasteiger partial charge in [-0.1, -0.05) is 11.6 Å². The van der Waals surface area contributed by atoms with Gasteiger partial charge in [0.25, 0.3) is 11.6 Å². The number of carbonyl (C=O) groups excluding carboxylic acids is 1. The smallest absolute Gasteiger partial charge is 0.288 e. The second-order valence-electron chi connectivity index (χ2n) is 4.79. The molecule has 114 valence electrons. The molecule has 0 aromatic heterocycles. The average molecular weight is 315 g/mol. The Labute approximate surface area is 127 Å². The van der Waals surface area contributed by atoms with Crippen LogP contribution >= 0.6 is 11.6 Å². The molecule has 0 bridgehead atoms. The predicted molar refractivity (Wildman–Crippen MR) is 76.8 cm³/mol. The first-order valence-electron chi connectivity index (χ1n) is 6.71. The van der Waals surface area contributed by atoms with E-state index in [1.165, 1.54) is 23.1 Å². The lowest BCUT2D eigenvalue weighted by molar-refractivity contribution is -0.906. The number of nitrogens with zero attached hydrogens (tertiary/aromatic N) is 1. The van der Waals surface area contributed by atoms with Crippen molar-refractivity contribution in [2.75, 3.05) is 39.4 Å². The van der Waals surface area contributed by atoms with E-state index < -0.39 is 4.92 Å². The lowest BCUT2D eigenvalue weighted by Crippen LogP contribution is -3.14. The third-order valence-corrected chi connectivity index (χ3v) is 3.69. The molecule has 0 atom stereocenters. The summed E-state index contributed by atoms with van der Waals surface area (Å²) in [6.07, 6.45) is 0. The highest BCUT2D eigenvalue weighted by Gasteiger charge is 2.17. The monoisotopic (exact) mass is 314 g/mol. The van der Waals surface area contributed by atoms with Crippen LogP contribution in [0.1, 0.15) is 10.4 Å². The van der Waals surface area contributed by atoms with Gasteiger partial charge in [-0.2, -0.15) is 0 Å². The largest absolute Gasteiger partial charge is 0.370 e. The molecule has 1 aliphatic rings. The molecule has 1 aromatic carbocycles. The van der Waals surface area contributed by atoms with Crippen molar-refractivity contribution in [2.45, 2.75) is 0 Å². The lowest BCUT2D eigenvalue weighted by atomic mass is 10.2. The molecule has 0 aliphatic carbocycles. The van der Waals surface area contributed by atoms with Crippen LogP contribution in [0.3, 0.4) is 0 Å². The van der Waals surface area contributed by atoms with E-state index in [4.69, 9.17) is 16.3 Å². The summed E-state index contributed by atoms with van der Waals surface area (Å²) in [7, 11) is 0. The molecule has 2 rings (SSSR count). The van der Waals surface area contributed by atoms with E-state index in [0.29, 0.717) is 6.54 Å². The number of halogens is 1. The molecule has 1 heterocycles. The van der Waals surface area contributed by atoms with Crippen LogP contribution in [-0.2, 0) is 4.74 Å². The molecule has 0 unspecified atom stereocenters. The van der Waals surface area contributed by atoms with Crippen molar-refractivity contribution in [1.29, 1.82) is 0 Å². The maximum Gasteiger partial charge on any atom is 0.288 e. The lowest BCUT2D eigenvalue weighted by Gasteiger charge is -2.23. The Balaban J connectivity index is 1.88. The van der Waals surface area contributed by atoms with Crippen molar-refractivity contribution >= 4 is 23.2 Å². The second-order valence-corrected chi connectivity index (χ2v) is 5.20. The summed E-state index contributed by atoms with van der Waals surface area (Å²) in [6, 6.07) is 4.04. The summed E-state index contributed by atoms with van der Waals surface area (Å²) in [5.41, 5.74) is -0.0220. The minimum absolute atomic E-state index is 0.0225. The highest BCUT2D eigenvalue weighted by molar-refractivity contribution is 6.32. The standard InChI is InChI=1S/C13H16ClN3O4/c14-11-2-1-10(9-12(11)17(19)20)13(18)15-3-4-16-5-7-21-8-6-16/h1-2,9H,3-8H2,(H,15,18)/p+1. The summed E-state index contributed by atoms with van der Waals surface area (Å²) in [5, 5.41) is 13.6. The number of benzene rings is 1.